The maximum Gasteiger partial charge on any atom is 0.191 e. The van der Waals surface area contributed by atoms with Crippen LogP contribution in [0.2, 0.25) is 0 Å². The molecule has 2 rings (SSSR count). The van der Waals surface area contributed by atoms with Crippen LogP contribution in [0.5, 0.6) is 0 Å². The third-order valence-corrected chi connectivity index (χ3v) is 3.29. The van der Waals surface area contributed by atoms with E-state index in [2.05, 4.69) is 15.6 Å². The normalized spacial score (nSPS) is 24.3. The van der Waals surface area contributed by atoms with Crippen LogP contribution in [-0.4, -0.2) is 38.8 Å². The monoisotopic (exact) mass is 353 g/mol. The van der Waals surface area contributed by atoms with Crippen LogP contribution < -0.4 is 10.6 Å². The number of hydrogen-bond donors (Lipinski definition) is 2. The third kappa shape index (κ3) is 5.90. The van der Waals surface area contributed by atoms with E-state index < -0.39 is 0 Å². The van der Waals surface area contributed by atoms with Crippen LogP contribution >= 0.6 is 24.0 Å². The van der Waals surface area contributed by atoms with E-state index in [1.165, 1.54) is 32.1 Å². The van der Waals surface area contributed by atoms with Crippen LogP contribution in [0.25, 0.3) is 0 Å². The van der Waals surface area contributed by atoms with E-state index in [4.69, 9.17) is 4.74 Å². The van der Waals surface area contributed by atoms with Gasteiger partial charge in [-0.15, -0.1) is 24.0 Å². The zero-order valence-electron chi connectivity index (χ0n) is 10.6. The number of halogens is 1. The second-order valence-corrected chi connectivity index (χ2v) is 4.75. The summed E-state index contributed by atoms with van der Waals surface area (Å²) in [6.45, 7) is 2.83. The van der Waals surface area contributed by atoms with Gasteiger partial charge in [0.15, 0.2) is 5.96 Å². The summed E-state index contributed by atoms with van der Waals surface area (Å²) in [4.78, 5) is 4.21. The number of nitrogens with zero attached hydrogens (tertiary/aromatic N) is 1. The molecule has 0 aromatic heterocycles. The molecule has 0 radical (unpaired) electrons. The first-order valence-electron chi connectivity index (χ1n) is 6.44. The molecular formula is C12H24IN3O. The van der Waals surface area contributed by atoms with E-state index in [1.807, 2.05) is 7.05 Å². The molecule has 1 aliphatic carbocycles. The van der Waals surface area contributed by atoms with Crippen LogP contribution in [0.3, 0.4) is 0 Å². The Labute approximate surface area is 121 Å². The van der Waals surface area contributed by atoms with Gasteiger partial charge in [-0.25, -0.2) is 0 Å². The number of hydrogen-bond acceptors (Lipinski definition) is 2. The highest BCUT2D eigenvalue weighted by Crippen LogP contribution is 2.31. The fourth-order valence-electron chi connectivity index (χ4n) is 2.04. The van der Waals surface area contributed by atoms with Gasteiger partial charge < -0.3 is 15.4 Å². The highest BCUT2D eigenvalue weighted by Gasteiger charge is 2.20. The molecule has 1 atom stereocenters. The Morgan fingerprint density at radius 3 is 2.71 bits per heavy atom. The van der Waals surface area contributed by atoms with Crippen LogP contribution in [-0.2, 0) is 4.74 Å². The molecule has 0 bridgehead atoms. The Morgan fingerprint density at radius 1 is 1.29 bits per heavy atom. The molecule has 2 aliphatic rings. The largest absolute Gasteiger partial charge is 0.376 e. The molecule has 0 aromatic carbocycles. The Hall–Kier alpha value is -0.0400. The first kappa shape index (κ1) is 15.0. The van der Waals surface area contributed by atoms with Gasteiger partial charge in [0, 0.05) is 26.7 Å². The van der Waals surface area contributed by atoms with Crippen LogP contribution in [0.1, 0.15) is 32.1 Å². The molecule has 1 unspecified atom stereocenters. The van der Waals surface area contributed by atoms with Crippen molar-refractivity contribution in [3.05, 3.63) is 0 Å². The lowest BCUT2D eigenvalue weighted by Gasteiger charge is -2.14. The quantitative estimate of drug-likeness (QED) is 0.450. The minimum atomic E-state index is 0. The molecule has 2 fully saturated rings. The van der Waals surface area contributed by atoms with Crippen LogP contribution in [0, 0.1) is 5.92 Å². The van der Waals surface area contributed by atoms with Crippen molar-refractivity contribution < 1.29 is 4.74 Å². The number of nitrogens with one attached hydrogen (secondary N) is 2. The van der Waals surface area contributed by atoms with Crippen molar-refractivity contribution in [2.75, 3.05) is 26.7 Å². The highest BCUT2D eigenvalue weighted by molar-refractivity contribution is 14.0. The smallest absolute Gasteiger partial charge is 0.191 e. The summed E-state index contributed by atoms with van der Waals surface area (Å²) in [6, 6.07) is 0. The molecule has 0 spiro atoms. The molecule has 4 nitrogen and oxygen atoms in total. The van der Waals surface area contributed by atoms with E-state index in [0.29, 0.717) is 6.10 Å². The van der Waals surface area contributed by atoms with Gasteiger partial charge in [0.2, 0.25) is 0 Å². The Bertz CT molecular complexity index is 238. The molecule has 1 aliphatic heterocycles. The average molecular weight is 353 g/mol. The first-order valence-corrected chi connectivity index (χ1v) is 6.44. The molecule has 100 valence electrons. The summed E-state index contributed by atoms with van der Waals surface area (Å²) in [5.41, 5.74) is 0. The standard InChI is InChI=1S/C12H23N3O.HI/c1-13-12(14-7-6-10-4-5-10)15-9-11-3-2-8-16-11;/h10-11H,2-9H2,1H3,(H2,13,14,15);1H. The van der Waals surface area contributed by atoms with Crippen molar-refractivity contribution in [1.82, 2.24) is 10.6 Å². The van der Waals surface area contributed by atoms with Crippen molar-refractivity contribution in [1.29, 1.82) is 0 Å². The summed E-state index contributed by atoms with van der Waals surface area (Å²) >= 11 is 0. The molecule has 2 N–H and O–H groups in total. The maximum absolute atomic E-state index is 5.56. The van der Waals surface area contributed by atoms with Gasteiger partial charge in [0.05, 0.1) is 6.10 Å². The van der Waals surface area contributed by atoms with Gasteiger partial charge in [-0.05, 0) is 25.2 Å². The van der Waals surface area contributed by atoms with E-state index in [-0.39, 0.29) is 24.0 Å². The summed E-state index contributed by atoms with van der Waals surface area (Å²) in [7, 11) is 1.82. The summed E-state index contributed by atoms with van der Waals surface area (Å²) in [6.07, 6.45) is 6.86. The van der Waals surface area contributed by atoms with E-state index in [1.54, 1.807) is 0 Å². The van der Waals surface area contributed by atoms with E-state index in [0.717, 1.165) is 31.6 Å². The lowest BCUT2D eigenvalue weighted by Crippen LogP contribution is -2.41. The van der Waals surface area contributed by atoms with Crippen LogP contribution in [0.15, 0.2) is 4.99 Å². The number of aliphatic imine (C=N–C) groups is 1. The molecule has 5 heteroatoms. The zero-order valence-corrected chi connectivity index (χ0v) is 12.9. The topological polar surface area (TPSA) is 45.7 Å². The number of rotatable bonds is 5. The van der Waals surface area contributed by atoms with Gasteiger partial charge in [0.25, 0.3) is 0 Å². The number of ether oxygens (including phenoxy) is 1. The minimum Gasteiger partial charge on any atom is -0.376 e. The lowest BCUT2D eigenvalue weighted by atomic mass is 10.2. The molecule has 1 heterocycles. The molecule has 1 saturated carbocycles. The Kier molecular flexibility index (Phi) is 7.18. The molecule has 0 amide bonds. The van der Waals surface area contributed by atoms with Crippen molar-refractivity contribution in [2.45, 2.75) is 38.2 Å². The second-order valence-electron chi connectivity index (χ2n) is 4.75. The summed E-state index contributed by atoms with van der Waals surface area (Å²) < 4.78 is 5.56. The fraction of sp³-hybridized carbons (Fsp3) is 0.917. The van der Waals surface area contributed by atoms with Gasteiger partial charge >= 0.3 is 0 Å². The molecule has 1 saturated heterocycles. The fourth-order valence-corrected chi connectivity index (χ4v) is 2.04. The van der Waals surface area contributed by atoms with Crippen molar-refractivity contribution in [2.24, 2.45) is 10.9 Å². The van der Waals surface area contributed by atoms with Gasteiger partial charge in [-0.1, -0.05) is 12.8 Å². The first-order chi connectivity index (χ1) is 7.88. The van der Waals surface area contributed by atoms with Crippen molar-refractivity contribution >= 4 is 29.9 Å². The van der Waals surface area contributed by atoms with Gasteiger partial charge in [-0.2, -0.15) is 0 Å². The Balaban J connectivity index is 0.00000144. The molecule has 0 aromatic rings. The van der Waals surface area contributed by atoms with Crippen LogP contribution in [0.4, 0.5) is 0 Å². The van der Waals surface area contributed by atoms with Gasteiger partial charge in [-0.3, -0.25) is 4.99 Å². The van der Waals surface area contributed by atoms with E-state index in [9.17, 15) is 0 Å². The minimum absolute atomic E-state index is 0. The van der Waals surface area contributed by atoms with Gasteiger partial charge in [0.1, 0.15) is 0 Å². The average Bonchev–Trinajstić information content (AvgIpc) is 2.97. The predicted octanol–water partition coefficient (Wildman–Crippen LogP) is 1.75. The molecular weight excluding hydrogens is 329 g/mol. The van der Waals surface area contributed by atoms with E-state index >= 15 is 0 Å². The summed E-state index contributed by atoms with van der Waals surface area (Å²) in [5.74, 6) is 1.89. The Morgan fingerprint density at radius 2 is 2.12 bits per heavy atom. The predicted molar refractivity (Wildman–Crippen MR) is 81.1 cm³/mol. The molecule has 17 heavy (non-hydrogen) atoms. The SMILES string of the molecule is CN=C(NCCC1CC1)NCC1CCCO1.I. The number of guanidine groups is 1. The second kappa shape index (κ2) is 8.13. The van der Waals surface area contributed by atoms with Crippen molar-refractivity contribution in [3.63, 3.8) is 0 Å². The third-order valence-electron chi connectivity index (χ3n) is 3.29. The maximum atomic E-state index is 5.56. The highest BCUT2D eigenvalue weighted by atomic mass is 127. The van der Waals surface area contributed by atoms with Crippen molar-refractivity contribution in [3.8, 4) is 0 Å². The zero-order chi connectivity index (χ0) is 11.2. The lowest BCUT2D eigenvalue weighted by molar-refractivity contribution is 0.114. The summed E-state index contributed by atoms with van der Waals surface area (Å²) in [5, 5.41) is 6.67.